The SMILES string of the molecule is Cn1c(=O)c2c(SCc3ccccn3)nc(C3CCCCC3)nc2n(C)c1=O. The summed E-state index contributed by atoms with van der Waals surface area (Å²) in [6, 6.07) is 5.77. The molecular weight excluding hydrogens is 374 g/mol. The Kier molecular flexibility index (Phi) is 5.30. The Bertz CT molecular complexity index is 1120. The van der Waals surface area contributed by atoms with Gasteiger partial charge in [0.05, 0.1) is 5.69 Å². The number of pyridine rings is 1. The van der Waals surface area contributed by atoms with Gasteiger partial charge < -0.3 is 0 Å². The predicted octanol–water partition coefficient (Wildman–Crippen LogP) is 2.76. The molecule has 3 heterocycles. The van der Waals surface area contributed by atoms with Gasteiger partial charge in [-0.15, -0.1) is 0 Å². The third-order valence-corrected chi connectivity index (χ3v) is 6.35. The molecule has 8 heteroatoms. The van der Waals surface area contributed by atoms with Gasteiger partial charge in [0, 0.05) is 32.0 Å². The van der Waals surface area contributed by atoms with Crippen LogP contribution in [0.5, 0.6) is 0 Å². The molecule has 146 valence electrons. The van der Waals surface area contributed by atoms with Gasteiger partial charge in [0.25, 0.3) is 5.56 Å². The molecule has 0 spiro atoms. The van der Waals surface area contributed by atoms with Crippen LogP contribution in [0.2, 0.25) is 0 Å². The number of nitrogens with zero attached hydrogens (tertiary/aromatic N) is 5. The Hall–Kier alpha value is -2.48. The van der Waals surface area contributed by atoms with Crippen LogP contribution < -0.4 is 11.2 Å². The predicted molar refractivity (Wildman–Crippen MR) is 110 cm³/mol. The van der Waals surface area contributed by atoms with Crippen molar-refractivity contribution in [2.75, 3.05) is 0 Å². The van der Waals surface area contributed by atoms with Gasteiger partial charge in [-0.3, -0.25) is 18.9 Å². The lowest BCUT2D eigenvalue weighted by Crippen LogP contribution is -2.38. The summed E-state index contributed by atoms with van der Waals surface area (Å²) < 4.78 is 2.58. The molecule has 0 aromatic carbocycles. The van der Waals surface area contributed by atoms with Gasteiger partial charge in [-0.1, -0.05) is 37.1 Å². The molecule has 0 atom stereocenters. The van der Waals surface area contributed by atoms with E-state index in [1.807, 2.05) is 18.2 Å². The van der Waals surface area contributed by atoms with Crippen LogP contribution in [0.1, 0.15) is 49.5 Å². The largest absolute Gasteiger partial charge is 0.332 e. The molecule has 1 aliphatic carbocycles. The number of hydrogen-bond donors (Lipinski definition) is 0. The molecule has 7 nitrogen and oxygen atoms in total. The quantitative estimate of drug-likeness (QED) is 0.497. The van der Waals surface area contributed by atoms with E-state index in [9.17, 15) is 9.59 Å². The van der Waals surface area contributed by atoms with Crippen molar-refractivity contribution in [2.45, 2.75) is 48.8 Å². The number of aromatic nitrogens is 5. The lowest BCUT2D eigenvalue weighted by Gasteiger charge is -2.21. The smallest absolute Gasteiger partial charge is 0.280 e. The van der Waals surface area contributed by atoms with Crippen molar-refractivity contribution >= 4 is 22.8 Å². The van der Waals surface area contributed by atoms with Crippen molar-refractivity contribution in [3.8, 4) is 0 Å². The fraction of sp³-hybridized carbons (Fsp3) is 0.450. The average molecular weight is 398 g/mol. The summed E-state index contributed by atoms with van der Waals surface area (Å²) in [6.07, 6.45) is 7.42. The van der Waals surface area contributed by atoms with Crippen molar-refractivity contribution in [3.05, 3.63) is 56.8 Å². The Labute approximate surface area is 166 Å². The highest BCUT2D eigenvalue weighted by Crippen LogP contribution is 2.33. The van der Waals surface area contributed by atoms with Crippen LogP contribution in [0, 0.1) is 0 Å². The van der Waals surface area contributed by atoms with Crippen LogP contribution in [0.15, 0.2) is 39.0 Å². The Morgan fingerprint density at radius 3 is 2.57 bits per heavy atom. The maximum absolute atomic E-state index is 12.9. The van der Waals surface area contributed by atoms with Crippen molar-refractivity contribution in [2.24, 2.45) is 14.1 Å². The molecule has 3 aromatic rings. The van der Waals surface area contributed by atoms with Gasteiger partial charge >= 0.3 is 5.69 Å². The Morgan fingerprint density at radius 1 is 1.07 bits per heavy atom. The molecule has 0 unspecified atom stereocenters. The van der Waals surface area contributed by atoms with Crippen LogP contribution in [-0.4, -0.2) is 24.1 Å². The zero-order chi connectivity index (χ0) is 19.7. The number of aryl methyl sites for hydroxylation is 1. The molecule has 0 amide bonds. The van der Waals surface area contributed by atoms with E-state index in [0.717, 1.165) is 41.8 Å². The number of thioether (sulfide) groups is 1. The molecule has 28 heavy (non-hydrogen) atoms. The van der Waals surface area contributed by atoms with Crippen molar-refractivity contribution < 1.29 is 0 Å². The van der Waals surface area contributed by atoms with E-state index in [2.05, 4.69) is 9.97 Å². The maximum atomic E-state index is 12.9. The molecule has 3 aromatic heterocycles. The van der Waals surface area contributed by atoms with E-state index in [-0.39, 0.29) is 17.2 Å². The summed E-state index contributed by atoms with van der Waals surface area (Å²) in [6.45, 7) is 0. The summed E-state index contributed by atoms with van der Waals surface area (Å²) in [4.78, 5) is 39.1. The third-order valence-electron chi connectivity index (χ3n) is 5.34. The lowest BCUT2D eigenvalue weighted by atomic mass is 9.89. The number of hydrogen-bond acceptors (Lipinski definition) is 6. The summed E-state index contributed by atoms with van der Waals surface area (Å²) in [5.74, 6) is 1.63. The standard InChI is InChI=1S/C20H23N5O2S/c1-24-17-15(19(26)25(2)20(24)27)18(28-12-14-10-6-7-11-21-14)23-16(22-17)13-8-4-3-5-9-13/h6-7,10-11,13H,3-5,8-9,12H2,1-2H3. The first kappa shape index (κ1) is 18.9. The molecule has 0 bridgehead atoms. The summed E-state index contributed by atoms with van der Waals surface area (Å²) in [5.41, 5.74) is 0.621. The average Bonchev–Trinajstić information content (AvgIpc) is 2.75. The van der Waals surface area contributed by atoms with Crippen molar-refractivity contribution in [1.29, 1.82) is 0 Å². The fourth-order valence-corrected chi connectivity index (χ4v) is 4.65. The van der Waals surface area contributed by atoms with Crippen LogP contribution in [0.3, 0.4) is 0 Å². The van der Waals surface area contributed by atoms with E-state index in [0.29, 0.717) is 21.8 Å². The molecule has 0 N–H and O–H groups in total. The first-order chi connectivity index (χ1) is 13.6. The summed E-state index contributed by atoms with van der Waals surface area (Å²) in [5, 5.41) is 1.04. The monoisotopic (exact) mass is 397 g/mol. The van der Waals surface area contributed by atoms with Gasteiger partial charge in [-0.2, -0.15) is 0 Å². The van der Waals surface area contributed by atoms with E-state index in [4.69, 9.17) is 4.98 Å². The normalized spacial score (nSPS) is 15.2. The Morgan fingerprint density at radius 2 is 1.86 bits per heavy atom. The zero-order valence-corrected chi connectivity index (χ0v) is 16.9. The summed E-state index contributed by atoms with van der Waals surface area (Å²) in [7, 11) is 3.15. The second-order valence-corrected chi connectivity index (χ2v) is 8.20. The van der Waals surface area contributed by atoms with E-state index >= 15 is 0 Å². The van der Waals surface area contributed by atoms with Crippen molar-refractivity contribution in [3.63, 3.8) is 0 Å². The van der Waals surface area contributed by atoms with Crippen molar-refractivity contribution in [1.82, 2.24) is 24.1 Å². The molecule has 4 rings (SSSR count). The minimum atomic E-state index is -0.369. The lowest BCUT2D eigenvalue weighted by molar-refractivity contribution is 0.427. The molecule has 0 radical (unpaired) electrons. The number of rotatable bonds is 4. The highest BCUT2D eigenvalue weighted by molar-refractivity contribution is 7.98. The van der Waals surface area contributed by atoms with Crippen LogP contribution in [0.25, 0.3) is 11.0 Å². The van der Waals surface area contributed by atoms with Gasteiger partial charge in [-0.05, 0) is 25.0 Å². The minimum absolute atomic E-state index is 0.284. The second-order valence-electron chi connectivity index (χ2n) is 7.24. The third kappa shape index (κ3) is 3.48. The van der Waals surface area contributed by atoms with E-state index < -0.39 is 0 Å². The topological polar surface area (TPSA) is 82.7 Å². The highest BCUT2D eigenvalue weighted by Gasteiger charge is 2.23. The molecule has 0 aliphatic heterocycles. The van der Waals surface area contributed by atoms with Gasteiger partial charge in [0.2, 0.25) is 0 Å². The highest BCUT2D eigenvalue weighted by atomic mass is 32.2. The van der Waals surface area contributed by atoms with Gasteiger partial charge in [0.15, 0.2) is 5.65 Å². The molecule has 1 saturated carbocycles. The van der Waals surface area contributed by atoms with E-state index in [1.165, 1.54) is 29.8 Å². The van der Waals surface area contributed by atoms with Gasteiger partial charge in [-0.25, -0.2) is 14.8 Å². The minimum Gasteiger partial charge on any atom is -0.280 e. The second kappa shape index (κ2) is 7.87. The van der Waals surface area contributed by atoms with Crippen LogP contribution in [0.4, 0.5) is 0 Å². The maximum Gasteiger partial charge on any atom is 0.332 e. The zero-order valence-electron chi connectivity index (χ0n) is 16.1. The number of fused-ring (bicyclic) bond motifs is 1. The molecule has 1 fully saturated rings. The first-order valence-electron chi connectivity index (χ1n) is 9.56. The molecule has 1 aliphatic rings. The first-order valence-corrected chi connectivity index (χ1v) is 10.5. The van der Waals surface area contributed by atoms with E-state index in [1.54, 1.807) is 13.2 Å². The molecular formula is C20H23N5O2S. The Balaban J connectivity index is 1.86. The molecule has 0 saturated heterocycles. The van der Waals surface area contributed by atoms with Gasteiger partial charge in [0.1, 0.15) is 16.2 Å². The van der Waals surface area contributed by atoms with Crippen LogP contribution in [-0.2, 0) is 19.8 Å². The van der Waals surface area contributed by atoms with Crippen LogP contribution >= 0.6 is 11.8 Å². The fourth-order valence-electron chi connectivity index (χ4n) is 3.72. The summed E-state index contributed by atoms with van der Waals surface area (Å²) >= 11 is 1.48.